The minimum absolute atomic E-state index is 0.0376. The highest BCUT2D eigenvalue weighted by molar-refractivity contribution is 6.25. The minimum Gasteiger partial charge on any atom is -0.293 e. The number of halogens is 2. The van der Waals surface area contributed by atoms with E-state index < -0.39 is 5.41 Å². The summed E-state index contributed by atoms with van der Waals surface area (Å²) in [6.45, 7) is 1.94. The van der Waals surface area contributed by atoms with Crippen molar-refractivity contribution in [2.45, 2.75) is 13.3 Å². The van der Waals surface area contributed by atoms with Crippen molar-refractivity contribution < 1.29 is 4.79 Å². The molecule has 0 aliphatic heterocycles. The predicted molar refractivity (Wildman–Crippen MR) is 64.9 cm³/mol. The second-order valence-electron chi connectivity index (χ2n) is 3.60. The number of carbonyl (C=O) groups is 1. The van der Waals surface area contributed by atoms with Crippen molar-refractivity contribution in [2.24, 2.45) is 5.41 Å². The molecule has 82 valence electrons. The fourth-order valence-electron chi connectivity index (χ4n) is 1.40. The summed E-state index contributed by atoms with van der Waals surface area (Å²) in [4.78, 5) is 12.2. The fraction of sp³-hybridized carbons (Fsp3) is 0.417. The van der Waals surface area contributed by atoms with Gasteiger partial charge >= 0.3 is 0 Å². The van der Waals surface area contributed by atoms with Crippen molar-refractivity contribution >= 4 is 29.0 Å². The molecule has 0 saturated heterocycles. The first kappa shape index (κ1) is 12.5. The van der Waals surface area contributed by atoms with Crippen molar-refractivity contribution in [3.63, 3.8) is 0 Å². The molecule has 0 saturated carbocycles. The molecular formula is C12H14Cl2O. The molecule has 0 radical (unpaired) electrons. The summed E-state index contributed by atoms with van der Waals surface area (Å²) in [6, 6.07) is 9.16. The third-order valence-corrected chi connectivity index (χ3v) is 3.73. The maximum atomic E-state index is 12.2. The molecule has 0 aliphatic rings. The molecule has 0 spiro atoms. The van der Waals surface area contributed by atoms with Gasteiger partial charge in [0.05, 0.1) is 5.41 Å². The van der Waals surface area contributed by atoms with Gasteiger partial charge in [-0.3, -0.25) is 4.79 Å². The van der Waals surface area contributed by atoms with Gasteiger partial charge in [-0.25, -0.2) is 0 Å². The normalized spacial score (nSPS) is 11.4. The van der Waals surface area contributed by atoms with E-state index in [0.717, 1.165) is 0 Å². The van der Waals surface area contributed by atoms with E-state index in [2.05, 4.69) is 0 Å². The van der Waals surface area contributed by atoms with E-state index in [-0.39, 0.29) is 17.5 Å². The van der Waals surface area contributed by atoms with Gasteiger partial charge in [0.1, 0.15) is 0 Å². The first-order valence-electron chi connectivity index (χ1n) is 4.92. The number of hydrogen-bond donors (Lipinski definition) is 0. The predicted octanol–water partition coefficient (Wildman–Crippen LogP) is 3.74. The minimum atomic E-state index is -0.621. The zero-order chi connectivity index (χ0) is 11.3. The Balaban J connectivity index is 3.01. The average molecular weight is 245 g/mol. The number of hydrogen-bond acceptors (Lipinski definition) is 1. The highest BCUT2D eigenvalue weighted by Gasteiger charge is 2.35. The molecule has 0 N–H and O–H groups in total. The molecule has 0 heterocycles. The van der Waals surface area contributed by atoms with Gasteiger partial charge in [0.2, 0.25) is 0 Å². The van der Waals surface area contributed by atoms with Crippen LogP contribution in [-0.2, 0) is 0 Å². The Labute approximate surface area is 100 Å². The van der Waals surface area contributed by atoms with Crippen LogP contribution in [0.25, 0.3) is 0 Å². The first-order valence-corrected chi connectivity index (χ1v) is 5.99. The van der Waals surface area contributed by atoms with Gasteiger partial charge in [-0.2, -0.15) is 0 Å². The van der Waals surface area contributed by atoms with Crippen LogP contribution in [-0.4, -0.2) is 17.5 Å². The molecular weight excluding hydrogens is 231 g/mol. The standard InChI is InChI=1S/C12H14Cl2O/c1-2-12(8-13,9-14)11(15)10-6-4-3-5-7-10/h3-7H,2,8-9H2,1H3. The molecule has 0 fully saturated rings. The topological polar surface area (TPSA) is 17.1 Å². The molecule has 1 rings (SSSR count). The lowest BCUT2D eigenvalue weighted by Gasteiger charge is -2.26. The summed E-state index contributed by atoms with van der Waals surface area (Å²) >= 11 is 11.7. The van der Waals surface area contributed by atoms with Crippen molar-refractivity contribution in [3.05, 3.63) is 35.9 Å². The van der Waals surface area contributed by atoms with Crippen LogP contribution in [0.2, 0.25) is 0 Å². The van der Waals surface area contributed by atoms with Crippen LogP contribution >= 0.6 is 23.2 Å². The van der Waals surface area contributed by atoms with E-state index in [0.29, 0.717) is 12.0 Å². The van der Waals surface area contributed by atoms with E-state index >= 15 is 0 Å². The molecule has 1 aromatic carbocycles. The Kier molecular flexibility index (Phi) is 4.62. The SMILES string of the molecule is CCC(CCl)(CCl)C(=O)c1ccccc1. The average Bonchev–Trinajstić information content (AvgIpc) is 2.33. The number of carbonyl (C=O) groups excluding carboxylic acids is 1. The van der Waals surface area contributed by atoms with Crippen LogP contribution < -0.4 is 0 Å². The highest BCUT2D eigenvalue weighted by atomic mass is 35.5. The fourth-order valence-corrected chi connectivity index (χ4v) is 2.31. The van der Waals surface area contributed by atoms with Crippen LogP contribution in [0.1, 0.15) is 23.7 Å². The van der Waals surface area contributed by atoms with Gasteiger partial charge in [0.15, 0.2) is 5.78 Å². The monoisotopic (exact) mass is 244 g/mol. The molecule has 3 heteroatoms. The Morgan fingerprint density at radius 2 is 1.73 bits per heavy atom. The van der Waals surface area contributed by atoms with Crippen LogP contribution in [0.4, 0.5) is 0 Å². The summed E-state index contributed by atoms with van der Waals surface area (Å²) in [6.07, 6.45) is 0.660. The van der Waals surface area contributed by atoms with Crippen molar-refractivity contribution in [3.8, 4) is 0 Å². The lowest BCUT2D eigenvalue weighted by atomic mass is 9.81. The van der Waals surface area contributed by atoms with Gasteiger partial charge in [0, 0.05) is 17.3 Å². The summed E-state index contributed by atoms with van der Waals surface area (Å²) in [5, 5.41) is 0. The molecule has 15 heavy (non-hydrogen) atoms. The number of ketones is 1. The highest BCUT2D eigenvalue weighted by Crippen LogP contribution is 2.30. The van der Waals surface area contributed by atoms with Gasteiger partial charge < -0.3 is 0 Å². The summed E-state index contributed by atoms with van der Waals surface area (Å²) in [5.74, 6) is 0.567. The lowest BCUT2D eigenvalue weighted by molar-refractivity contribution is 0.0841. The smallest absolute Gasteiger partial charge is 0.171 e. The lowest BCUT2D eigenvalue weighted by Crippen LogP contribution is -2.34. The largest absolute Gasteiger partial charge is 0.293 e. The van der Waals surface area contributed by atoms with Gasteiger partial charge in [-0.05, 0) is 6.42 Å². The number of Topliss-reactive ketones (excluding diaryl/α,β-unsaturated/α-hetero) is 1. The van der Waals surface area contributed by atoms with E-state index in [4.69, 9.17) is 23.2 Å². The molecule has 1 aromatic rings. The summed E-state index contributed by atoms with van der Waals surface area (Å²) < 4.78 is 0. The third-order valence-electron chi connectivity index (χ3n) is 2.71. The van der Waals surface area contributed by atoms with Gasteiger partial charge in [-0.15, -0.1) is 23.2 Å². The quantitative estimate of drug-likeness (QED) is 0.570. The van der Waals surface area contributed by atoms with E-state index in [1.165, 1.54) is 0 Å². The van der Waals surface area contributed by atoms with Gasteiger partial charge in [0.25, 0.3) is 0 Å². The Hall–Kier alpha value is -0.530. The molecule has 0 unspecified atom stereocenters. The van der Waals surface area contributed by atoms with Crippen molar-refractivity contribution in [1.82, 2.24) is 0 Å². The third kappa shape index (κ3) is 2.53. The maximum absolute atomic E-state index is 12.2. The summed E-state index contributed by atoms with van der Waals surface area (Å²) in [7, 11) is 0. The van der Waals surface area contributed by atoms with E-state index in [9.17, 15) is 4.79 Å². The molecule has 1 nitrogen and oxygen atoms in total. The Morgan fingerprint density at radius 1 is 1.20 bits per heavy atom. The zero-order valence-corrected chi connectivity index (χ0v) is 10.2. The molecule has 0 amide bonds. The second kappa shape index (κ2) is 5.53. The summed E-state index contributed by atoms with van der Waals surface area (Å²) in [5.41, 5.74) is 0.0606. The van der Waals surface area contributed by atoms with E-state index in [1.54, 1.807) is 12.1 Å². The number of alkyl halides is 2. The molecule has 0 bridgehead atoms. The van der Waals surface area contributed by atoms with Crippen molar-refractivity contribution in [1.29, 1.82) is 0 Å². The number of rotatable bonds is 5. The Bertz CT molecular complexity index is 309. The van der Waals surface area contributed by atoms with Crippen molar-refractivity contribution in [2.75, 3.05) is 11.8 Å². The maximum Gasteiger partial charge on any atom is 0.171 e. The molecule has 0 aliphatic carbocycles. The first-order chi connectivity index (χ1) is 7.20. The van der Waals surface area contributed by atoms with Crippen LogP contribution in [0.5, 0.6) is 0 Å². The second-order valence-corrected chi connectivity index (χ2v) is 4.13. The van der Waals surface area contributed by atoms with Gasteiger partial charge in [-0.1, -0.05) is 37.3 Å². The van der Waals surface area contributed by atoms with E-state index in [1.807, 2.05) is 25.1 Å². The van der Waals surface area contributed by atoms with Crippen LogP contribution in [0.3, 0.4) is 0 Å². The zero-order valence-electron chi connectivity index (χ0n) is 8.67. The van der Waals surface area contributed by atoms with Crippen LogP contribution in [0.15, 0.2) is 30.3 Å². The van der Waals surface area contributed by atoms with Crippen LogP contribution in [0, 0.1) is 5.41 Å². The Morgan fingerprint density at radius 3 is 2.13 bits per heavy atom. The molecule has 0 atom stereocenters. The number of benzene rings is 1. The molecule has 0 aromatic heterocycles.